The van der Waals surface area contributed by atoms with Gasteiger partial charge in [0.25, 0.3) is 5.56 Å². The second kappa shape index (κ2) is 2.70. The third-order valence-corrected chi connectivity index (χ3v) is 2.45. The second-order valence-corrected chi connectivity index (χ2v) is 3.55. The number of para-hydroxylation sites is 1. The molecule has 74 valence electrons. The quantitative estimate of drug-likeness (QED) is 0.596. The second-order valence-electron chi connectivity index (χ2n) is 3.55. The van der Waals surface area contributed by atoms with E-state index in [0.29, 0.717) is 5.65 Å². The van der Waals surface area contributed by atoms with Crippen molar-refractivity contribution >= 4 is 16.6 Å². The van der Waals surface area contributed by atoms with E-state index >= 15 is 0 Å². The summed E-state index contributed by atoms with van der Waals surface area (Å²) in [5, 5.41) is 3.99. The zero-order chi connectivity index (χ0) is 10.4. The zero-order valence-corrected chi connectivity index (χ0v) is 8.19. The van der Waals surface area contributed by atoms with Gasteiger partial charge in [-0.15, -0.1) is 0 Å². The minimum absolute atomic E-state index is 0.0753. The van der Waals surface area contributed by atoms with E-state index in [2.05, 4.69) is 10.1 Å². The highest BCUT2D eigenvalue weighted by Crippen LogP contribution is 2.15. The lowest BCUT2D eigenvalue weighted by Crippen LogP contribution is -2.14. The summed E-state index contributed by atoms with van der Waals surface area (Å²) in [6, 6.07) is 9.26. The molecule has 0 amide bonds. The van der Waals surface area contributed by atoms with Crippen LogP contribution in [0.4, 0.5) is 0 Å². The summed E-state index contributed by atoms with van der Waals surface area (Å²) in [5.41, 5.74) is 2.28. The summed E-state index contributed by atoms with van der Waals surface area (Å²) in [6.07, 6.45) is 0. The van der Waals surface area contributed by atoms with E-state index in [4.69, 9.17) is 0 Å². The van der Waals surface area contributed by atoms with E-state index in [0.717, 1.165) is 16.6 Å². The van der Waals surface area contributed by atoms with Crippen LogP contribution in [0.5, 0.6) is 0 Å². The van der Waals surface area contributed by atoms with Crippen molar-refractivity contribution < 1.29 is 0 Å². The fraction of sp³-hybridized carbons (Fsp3) is 0.0909. The Morgan fingerprint density at radius 2 is 2.13 bits per heavy atom. The summed E-state index contributed by atoms with van der Waals surface area (Å²) in [5.74, 6) is 0. The van der Waals surface area contributed by atoms with Crippen LogP contribution in [-0.2, 0) is 0 Å². The lowest BCUT2D eigenvalue weighted by Gasteiger charge is -1.93. The first kappa shape index (κ1) is 8.23. The number of aromatic amines is 1. The molecule has 3 aromatic rings. The Bertz CT molecular complexity index is 708. The highest BCUT2D eigenvalue weighted by molar-refractivity contribution is 5.91. The van der Waals surface area contributed by atoms with Gasteiger partial charge >= 0.3 is 0 Å². The van der Waals surface area contributed by atoms with Gasteiger partial charge in [-0.25, -0.2) is 9.50 Å². The summed E-state index contributed by atoms with van der Waals surface area (Å²) >= 11 is 0. The van der Waals surface area contributed by atoms with Gasteiger partial charge in [0.05, 0.1) is 5.52 Å². The van der Waals surface area contributed by atoms with E-state index in [9.17, 15) is 4.79 Å². The van der Waals surface area contributed by atoms with Crippen LogP contribution in [0, 0.1) is 6.92 Å². The zero-order valence-electron chi connectivity index (χ0n) is 8.19. The van der Waals surface area contributed by atoms with Crippen LogP contribution in [0.15, 0.2) is 35.1 Å². The minimum atomic E-state index is -0.0753. The molecule has 3 rings (SSSR count). The third-order valence-electron chi connectivity index (χ3n) is 2.45. The van der Waals surface area contributed by atoms with Crippen LogP contribution < -0.4 is 5.56 Å². The Morgan fingerprint density at radius 1 is 1.33 bits per heavy atom. The van der Waals surface area contributed by atoms with Crippen molar-refractivity contribution in [2.45, 2.75) is 6.92 Å². The van der Waals surface area contributed by atoms with Crippen molar-refractivity contribution in [2.75, 3.05) is 0 Å². The SMILES string of the molecule is Cc1cc(=O)n2[nH]c3ccccc3c2n1. The number of nitrogens with one attached hydrogen (secondary N) is 1. The van der Waals surface area contributed by atoms with E-state index in [1.54, 1.807) is 0 Å². The fourth-order valence-corrected chi connectivity index (χ4v) is 1.78. The number of nitrogens with zero attached hydrogens (tertiary/aromatic N) is 2. The third kappa shape index (κ3) is 1.08. The highest BCUT2D eigenvalue weighted by atomic mass is 16.1. The molecule has 4 heteroatoms. The Morgan fingerprint density at radius 3 is 3.00 bits per heavy atom. The van der Waals surface area contributed by atoms with Crippen molar-refractivity contribution in [2.24, 2.45) is 0 Å². The molecule has 2 heterocycles. The number of hydrogen-bond donors (Lipinski definition) is 1. The minimum Gasteiger partial charge on any atom is -0.289 e. The largest absolute Gasteiger partial charge is 0.289 e. The Kier molecular flexibility index (Phi) is 1.48. The number of hydrogen-bond acceptors (Lipinski definition) is 2. The predicted molar refractivity (Wildman–Crippen MR) is 58.1 cm³/mol. The number of benzene rings is 1. The number of H-pyrrole nitrogens is 1. The highest BCUT2D eigenvalue weighted by Gasteiger charge is 2.06. The molecular formula is C11H9N3O. The predicted octanol–water partition coefficient (Wildman–Crippen LogP) is 1.48. The van der Waals surface area contributed by atoms with E-state index in [1.807, 2.05) is 31.2 Å². The first-order valence-electron chi connectivity index (χ1n) is 4.73. The lowest BCUT2D eigenvalue weighted by molar-refractivity contribution is 0.904. The van der Waals surface area contributed by atoms with Crippen LogP contribution in [-0.4, -0.2) is 14.6 Å². The summed E-state index contributed by atoms with van der Waals surface area (Å²) in [6.45, 7) is 1.82. The molecule has 1 N–H and O–H groups in total. The first-order valence-corrected chi connectivity index (χ1v) is 4.73. The van der Waals surface area contributed by atoms with Gasteiger partial charge in [-0.1, -0.05) is 12.1 Å². The maximum absolute atomic E-state index is 11.7. The molecule has 0 saturated carbocycles. The van der Waals surface area contributed by atoms with Crippen LogP contribution in [0.2, 0.25) is 0 Å². The molecule has 0 saturated heterocycles. The van der Waals surface area contributed by atoms with Gasteiger partial charge in [0.2, 0.25) is 0 Å². The topological polar surface area (TPSA) is 50.2 Å². The summed E-state index contributed by atoms with van der Waals surface area (Å²) in [7, 11) is 0. The number of aryl methyl sites for hydroxylation is 1. The fourth-order valence-electron chi connectivity index (χ4n) is 1.78. The molecule has 15 heavy (non-hydrogen) atoms. The van der Waals surface area contributed by atoms with Crippen molar-refractivity contribution in [3.63, 3.8) is 0 Å². The Hall–Kier alpha value is -2.10. The van der Waals surface area contributed by atoms with Crippen molar-refractivity contribution in [1.29, 1.82) is 0 Å². The van der Waals surface area contributed by atoms with Crippen LogP contribution in [0.25, 0.3) is 16.6 Å². The van der Waals surface area contributed by atoms with E-state index < -0.39 is 0 Å². The average Bonchev–Trinajstić information content (AvgIpc) is 2.57. The van der Waals surface area contributed by atoms with Gasteiger partial charge < -0.3 is 0 Å². The van der Waals surface area contributed by atoms with Gasteiger partial charge in [0.1, 0.15) is 0 Å². The van der Waals surface area contributed by atoms with Gasteiger partial charge in [-0.05, 0) is 19.1 Å². The molecule has 0 spiro atoms. The maximum Gasteiger partial charge on any atom is 0.272 e. The number of rotatable bonds is 0. The molecular weight excluding hydrogens is 190 g/mol. The molecule has 0 fully saturated rings. The van der Waals surface area contributed by atoms with Crippen molar-refractivity contribution in [3.8, 4) is 0 Å². The van der Waals surface area contributed by atoms with Gasteiger partial charge in [-0.2, -0.15) is 0 Å². The molecule has 0 aliphatic carbocycles. The standard InChI is InChI=1S/C11H9N3O/c1-7-6-10(15)14-11(12-7)8-4-2-3-5-9(8)13-14/h2-6,13H,1H3. The van der Waals surface area contributed by atoms with Crippen molar-refractivity contribution in [1.82, 2.24) is 14.6 Å². The van der Waals surface area contributed by atoms with Crippen LogP contribution >= 0.6 is 0 Å². The first-order chi connectivity index (χ1) is 7.25. The monoisotopic (exact) mass is 199 g/mol. The van der Waals surface area contributed by atoms with E-state index in [1.165, 1.54) is 10.6 Å². The molecule has 0 atom stereocenters. The molecule has 0 unspecified atom stereocenters. The normalized spacial score (nSPS) is 11.3. The summed E-state index contributed by atoms with van der Waals surface area (Å²) < 4.78 is 1.47. The van der Waals surface area contributed by atoms with Gasteiger partial charge in [0, 0.05) is 17.1 Å². The van der Waals surface area contributed by atoms with E-state index in [-0.39, 0.29) is 5.56 Å². The molecule has 0 bridgehead atoms. The molecule has 4 nitrogen and oxygen atoms in total. The maximum atomic E-state index is 11.7. The van der Waals surface area contributed by atoms with Crippen LogP contribution in [0.3, 0.4) is 0 Å². The lowest BCUT2D eigenvalue weighted by atomic mass is 10.2. The Balaban J connectivity index is 2.67. The molecule has 0 aliphatic heterocycles. The molecule has 0 aliphatic rings. The Labute approximate surface area is 85.2 Å². The van der Waals surface area contributed by atoms with Crippen LogP contribution in [0.1, 0.15) is 5.69 Å². The van der Waals surface area contributed by atoms with Gasteiger partial charge in [-0.3, -0.25) is 9.89 Å². The van der Waals surface area contributed by atoms with Gasteiger partial charge in [0.15, 0.2) is 5.65 Å². The molecule has 1 aromatic carbocycles. The molecule has 2 aromatic heterocycles. The number of aromatic nitrogens is 3. The smallest absolute Gasteiger partial charge is 0.272 e. The van der Waals surface area contributed by atoms with Crippen molar-refractivity contribution in [3.05, 3.63) is 46.4 Å². The number of fused-ring (bicyclic) bond motifs is 3. The average molecular weight is 199 g/mol. The molecule has 0 radical (unpaired) electrons. The summed E-state index contributed by atoms with van der Waals surface area (Å²) in [4.78, 5) is 16.0.